The standard InChI is InChI=1S/C31H50O5/c1-7-8-9-24-12-16-27(17-13-24)28-18-14-25(15-19-28)10-11-26(20-35-29(32)22(2)3)21-36-30(33)23(4)31(5,6)34/h7,24-28,34H,1-2,4,8-21H2,3,5-6H3. The number of ether oxygens (including phenoxy) is 2. The summed E-state index contributed by atoms with van der Waals surface area (Å²) in [5.41, 5.74) is -0.954. The molecule has 0 aromatic carbocycles. The van der Waals surface area contributed by atoms with Gasteiger partial charge in [-0.25, -0.2) is 9.59 Å². The summed E-state index contributed by atoms with van der Waals surface area (Å²) in [6.07, 6.45) is 17.1. The lowest BCUT2D eigenvalue weighted by Crippen LogP contribution is -2.30. The van der Waals surface area contributed by atoms with Crippen LogP contribution in [0.25, 0.3) is 0 Å². The molecule has 0 aromatic rings. The molecule has 2 rings (SSSR count). The molecule has 1 unspecified atom stereocenters. The van der Waals surface area contributed by atoms with Gasteiger partial charge in [-0.05, 0) is 95.8 Å². The smallest absolute Gasteiger partial charge is 0.336 e. The minimum absolute atomic E-state index is 0.0215. The van der Waals surface area contributed by atoms with E-state index in [0.29, 0.717) is 11.5 Å². The van der Waals surface area contributed by atoms with Gasteiger partial charge in [-0.3, -0.25) is 0 Å². The first-order valence-electron chi connectivity index (χ1n) is 14.0. The minimum atomic E-state index is -1.33. The van der Waals surface area contributed by atoms with Crippen molar-refractivity contribution in [2.45, 2.75) is 103 Å². The number of carbonyl (C=O) groups excluding carboxylic acids is 2. The van der Waals surface area contributed by atoms with E-state index in [1.807, 2.05) is 0 Å². The molecular weight excluding hydrogens is 452 g/mol. The van der Waals surface area contributed by atoms with Crippen LogP contribution < -0.4 is 0 Å². The molecule has 0 heterocycles. The molecule has 2 saturated carbocycles. The van der Waals surface area contributed by atoms with Gasteiger partial charge in [-0.15, -0.1) is 6.58 Å². The normalized spacial score (nSPS) is 25.4. The SMILES string of the molecule is C=CCCC1CCC(C2CCC(CCC(COC(=O)C(=C)C)COC(=O)C(=C)C(C)(C)O)CC2)CC1. The van der Waals surface area contributed by atoms with Crippen molar-refractivity contribution in [1.82, 2.24) is 0 Å². The van der Waals surface area contributed by atoms with Crippen LogP contribution in [0.1, 0.15) is 97.8 Å². The maximum absolute atomic E-state index is 12.3. The van der Waals surface area contributed by atoms with Crippen LogP contribution in [0.3, 0.4) is 0 Å². The Kier molecular flexibility index (Phi) is 12.4. The molecule has 0 spiro atoms. The van der Waals surface area contributed by atoms with Gasteiger partial charge in [0.2, 0.25) is 0 Å². The molecule has 0 aromatic heterocycles. The second-order valence-electron chi connectivity index (χ2n) is 11.9. The van der Waals surface area contributed by atoms with Crippen LogP contribution in [0, 0.1) is 29.6 Å². The van der Waals surface area contributed by atoms with Crippen molar-refractivity contribution in [1.29, 1.82) is 0 Å². The summed E-state index contributed by atoms with van der Waals surface area (Å²) in [5.74, 6) is 2.24. The molecule has 36 heavy (non-hydrogen) atoms. The third-order valence-electron chi connectivity index (χ3n) is 8.45. The molecule has 1 atom stereocenters. The van der Waals surface area contributed by atoms with E-state index in [-0.39, 0.29) is 24.7 Å². The molecule has 204 valence electrons. The number of hydrogen-bond donors (Lipinski definition) is 1. The van der Waals surface area contributed by atoms with Crippen LogP contribution in [0.15, 0.2) is 37.0 Å². The highest BCUT2D eigenvalue weighted by Crippen LogP contribution is 2.43. The summed E-state index contributed by atoms with van der Waals surface area (Å²) in [6.45, 7) is 16.1. The quantitative estimate of drug-likeness (QED) is 0.158. The molecule has 5 nitrogen and oxygen atoms in total. The highest BCUT2D eigenvalue weighted by Gasteiger charge is 2.31. The van der Waals surface area contributed by atoms with E-state index >= 15 is 0 Å². The maximum Gasteiger partial charge on any atom is 0.336 e. The van der Waals surface area contributed by atoms with Gasteiger partial charge >= 0.3 is 11.9 Å². The summed E-state index contributed by atoms with van der Waals surface area (Å²) in [7, 11) is 0. The fourth-order valence-electron chi connectivity index (χ4n) is 5.78. The van der Waals surface area contributed by atoms with Gasteiger partial charge in [0.25, 0.3) is 0 Å². The second kappa shape index (κ2) is 14.8. The molecule has 0 radical (unpaired) electrons. The van der Waals surface area contributed by atoms with E-state index < -0.39 is 17.5 Å². The fraction of sp³-hybridized carbons (Fsp3) is 0.742. The van der Waals surface area contributed by atoms with E-state index in [9.17, 15) is 14.7 Å². The van der Waals surface area contributed by atoms with Crippen LogP contribution in [0.5, 0.6) is 0 Å². The van der Waals surface area contributed by atoms with Crippen molar-refractivity contribution in [3.63, 3.8) is 0 Å². The molecule has 0 saturated heterocycles. The van der Waals surface area contributed by atoms with Crippen LogP contribution in [0.4, 0.5) is 0 Å². The summed E-state index contributed by atoms with van der Waals surface area (Å²) >= 11 is 0. The van der Waals surface area contributed by atoms with Gasteiger partial charge in [-0.1, -0.05) is 44.9 Å². The first-order chi connectivity index (χ1) is 17.0. The third kappa shape index (κ3) is 10.2. The van der Waals surface area contributed by atoms with E-state index in [1.54, 1.807) is 6.92 Å². The molecule has 0 aliphatic heterocycles. The average Bonchev–Trinajstić information content (AvgIpc) is 2.86. The minimum Gasteiger partial charge on any atom is -0.462 e. The number of carbonyl (C=O) groups is 2. The molecule has 2 aliphatic carbocycles. The highest BCUT2D eigenvalue weighted by atomic mass is 16.5. The zero-order valence-electron chi connectivity index (χ0n) is 23.1. The maximum atomic E-state index is 12.3. The summed E-state index contributed by atoms with van der Waals surface area (Å²) in [5, 5.41) is 10.0. The molecule has 0 amide bonds. The Morgan fingerprint density at radius 2 is 1.36 bits per heavy atom. The predicted octanol–water partition coefficient (Wildman–Crippen LogP) is 6.95. The third-order valence-corrected chi connectivity index (χ3v) is 8.45. The molecule has 1 N–H and O–H groups in total. The Balaban J connectivity index is 1.78. The van der Waals surface area contributed by atoms with Crippen molar-refractivity contribution in [3.05, 3.63) is 37.0 Å². The van der Waals surface area contributed by atoms with Crippen molar-refractivity contribution < 1.29 is 24.2 Å². The van der Waals surface area contributed by atoms with Gasteiger partial charge in [0, 0.05) is 11.5 Å². The number of hydrogen-bond acceptors (Lipinski definition) is 5. The molecule has 5 heteroatoms. The number of rotatable bonds is 14. The zero-order valence-corrected chi connectivity index (χ0v) is 23.1. The van der Waals surface area contributed by atoms with Crippen molar-refractivity contribution in [2.75, 3.05) is 13.2 Å². The van der Waals surface area contributed by atoms with Crippen molar-refractivity contribution in [2.24, 2.45) is 29.6 Å². The van der Waals surface area contributed by atoms with E-state index in [4.69, 9.17) is 9.47 Å². The van der Waals surface area contributed by atoms with E-state index in [0.717, 1.165) is 37.0 Å². The van der Waals surface area contributed by atoms with E-state index in [1.165, 1.54) is 71.6 Å². The topological polar surface area (TPSA) is 72.8 Å². The Morgan fingerprint density at radius 1 is 0.889 bits per heavy atom. The Labute approximate surface area is 219 Å². The predicted molar refractivity (Wildman–Crippen MR) is 145 cm³/mol. The van der Waals surface area contributed by atoms with Gasteiger partial charge < -0.3 is 14.6 Å². The summed E-state index contributed by atoms with van der Waals surface area (Å²) in [4.78, 5) is 24.2. The monoisotopic (exact) mass is 502 g/mol. The molecule has 0 bridgehead atoms. The lowest BCUT2D eigenvalue weighted by Gasteiger charge is -2.38. The Bertz CT molecular complexity index is 745. The largest absolute Gasteiger partial charge is 0.462 e. The average molecular weight is 503 g/mol. The first-order valence-corrected chi connectivity index (χ1v) is 14.0. The Morgan fingerprint density at radius 3 is 1.81 bits per heavy atom. The van der Waals surface area contributed by atoms with Crippen LogP contribution >= 0.6 is 0 Å². The van der Waals surface area contributed by atoms with Gasteiger partial charge in [0.1, 0.15) is 0 Å². The Hall–Kier alpha value is -1.88. The first kappa shape index (κ1) is 30.3. The number of esters is 2. The zero-order chi connectivity index (χ0) is 26.7. The van der Waals surface area contributed by atoms with Crippen molar-refractivity contribution >= 4 is 11.9 Å². The number of allylic oxidation sites excluding steroid dienone is 1. The van der Waals surface area contributed by atoms with E-state index in [2.05, 4.69) is 25.8 Å². The molecule has 2 fully saturated rings. The lowest BCUT2D eigenvalue weighted by atomic mass is 9.68. The summed E-state index contributed by atoms with van der Waals surface area (Å²) < 4.78 is 10.8. The lowest BCUT2D eigenvalue weighted by molar-refractivity contribution is -0.145. The van der Waals surface area contributed by atoms with Gasteiger partial charge in [0.05, 0.1) is 24.4 Å². The molecule has 2 aliphatic rings. The number of aliphatic hydroxyl groups is 1. The fourth-order valence-corrected chi connectivity index (χ4v) is 5.78. The van der Waals surface area contributed by atoms with Gasteiger partial charge in [0.15, 0.2) is 0 Å². The second-order valence-corrected chi connectivity index (χ2v) is 11.9. The van der Waals surface area contributed by atoms with Crippen LogP contribution in [-0.2, 0) is 19.1 Å². The van der Waals surface area contributed by atoms with Crippen LogP contribution in [-0.4, -0.2) is 35.9 Å². The molecular formula is C31H50O5. The van der Waals surface area contributed by atoms with Crippen LogP contribution in [0.2, 0.25) is 0 Å². The van der Waals surface area contributed by atoms with Crippen molar-refractivity contribution in [3.8, 4) is 0 Å². The summed E-state index contributed by atoms with van der Waals surface area (Å²) in [6, 6.07) is 0. The highest BCUT2D eigenvalue weighted by molar-refractivity contribution is 5.89. The van der Waals surface area contributed by atoms with Gasteiger partial charge in [-0.2, -0.15) is 0 Å².